The van der Waals surface area contributed by atoms with Crippen LogP contribution in [0.2, 0.25) is 0 Å². The predicted octanol–water partition coefficient (Wildman–Crippen LogP) is 3.36. The molecule has 0 aliphatic rings. The molecule has 0 spiro atoms. The second kappa shape index (κ2) is 5.07. The van der Waals surface area contributed by atoms with Crippen molar-refractivity contribution in [3.05, 3.63) is 48.0 Å². The van der Waals surface area contributed by atoms with Crippen molar-refractivity contribution in [1.82, 2.24) is 0 Å². The first kappa shape index (κ1) is 15.4. The fraction of sp³-hybridized carbons (Fsp3) is 0.143. The van der Waals surface area contributed by atoms with E-state index in [9.17, 15) is 21.6 Å². The Kier molecular flexibility index (Phi) is 3.71. The monoisotopic (exact) mass is 315 g/mol. The van der Waals surface area contributed by atoms with E-state index in [1.165, 1.54) is 36.4 Å². The number of alkyl halides is 3. The van der Waals surface area contributed by atoms with Gasteiger partial charge < -0.3 is 5.73 Å². The standard InChI is InChI=1S/C14H12F3NO2S/c1-21(19,20)13-10(6-4-8-12(13)18)9-5-2-3-7-11(9)14(15,16)17/h2-8H,18H2,1H3. The van der Waals surface area contributed by atoms with Gasteiger partial charge in [-0.15, -0.1) is 0 Å². The molecule has 0 saturated carbocycles. The summed E-state index contributed by atoms with van der Waals surface area (Å²) < 4.78 is 62.9. The molecule has 3 nitrogen and oxygen atoms in total. The van der Waals surface area contributed by atoms with Crippen LogP contribution in [0.1, 0.15) is 5.56 Å². The normalized spacial score (nSPS) is 12.4. The SMILES string of the molecule is CS(=O)(=O)c1c(N)cccc1-c1ccccc1C(F)(F)F. The highest BCUT2D eigenvalue weighted by Crippen LogP contribution is 2.40. The lowest BCUT2D eigenvalue weighted by Crippen LogP contribution is -2.10. The van der Waals surface area contributed by atoms with Gasteiger partial charge in [-0.05, 0) is 17.7 Å². The van der Waals surface area contributed by atoms with E-state index in [0.717, 1.165) is 12.3 Å². The van der Waals surface area contributed by atoms with E-state index in [1.807, 2.05) is 0 Å². The number of rotatable bonds is 2. The van der Waals surface area contributed by atoms with E-state index in [1.54, 1.807) is 0 Å². The van der Waals surface area contributed by atoms with Crippen molar-refractivity contribution in [3.8, 4) is 11.1 Å². The summed E-state index contributed by atoms with van der Waals surface area (Å²) in [5.74, 6) is 0. The minimum atomic E-state index is -4.59. The van der Waals surface area contributed by atoms with Gasteiger partial charge in [-0.2, -0.15) is 13.2 Å². The van der Waals surface area contributed by atoms with Crippen LogP contribution in [-0.2, 0) is 16.0 Å². The molecule has 0 fully saturated rings. The molecule has 21 heavy (non-hydrogen) atoms. The van der Waals surface area contributed by atoms with Crippen molar-refractivity contribution in [2.24, 2.45) is 0 Å². The molecule has 2 rings (SSSR count). The van der Waals surface area contributed by atoms with Crippen LogP contribution in [0.15, 0.2) is 47.4 Å². The molecular formula is C14H12F3NO2S. The molecule has 7 heteroatoms. The summed E-state index contributed by atoms with van der Waals surface area (Å²) in [7, 11) is -3.77. The van der Waals surface area contributed by atoms with Crippen molar-refractivity contribution in [3.63, 3.8) is 0 Å². The number of nitrogen functional groups attached to an aromatic ring is 1. The number of benzene rings is 2. The van der Waals surface area contributed by atoms with Gasteiger partial charge in [-0.3, -0.25) is 0 Å². The third-order valence-corrected chi connectivity index (χ3v) is 4.14. The summed E-state index contributed by atoms with van der Waals surface area (Å²) >= 11 is 0. The lowest BCUT2D eigenvalue weighted by molar-refractivity contribution is -0.137. The van der Waals surface area contributed by atoms with Gasteiger partial charge in [-0.25, -0.2) is 8.42 Å². The number of sulfone groups is 1. The van der Waals surface area contributed by atoms with Gasteiger partial charge in [0.2, 0.25) is 0 Å². The minimum Gasteiger partial charge on any atom is -0.398 e. The second-order valence-electron chi connectivity index (χ2n) is 4.54. The first-order chi connectivity index (χ1) is 9.62. The highest BCUT2D eigenvalue weighted by Gasteiger charge is 2.34. The average Bonchev–Trinajstić information content (AvgIpc) is 2.36. The van der Waals surface area contributed by atoms with E-state index in [2.05, 4.69) is 0 Å². The molecule has 0 bridgehead atoms. The van der Waals surface area contributed by atoms with Gasteiger partial charge >= 0.3 is 6.18 Å². The average molecular weight is 315 g/mol. The van der Waals surface area contributed by atoms with Crippen molar-refractivity contribution < 1.29 is 21.6 Å². The molecule has 0 unspecified atom stereocenters. The Morgan fingerprint density at radius 2 is 1.52 bits per heavy atom. The van der Waals surface area contributed by atoms with E-state index in [4.69, 9.17) is 5.73 Å². The Hall–Kier alpha value is -2.02. The Bertz CT molecular complexity index is 783. The van der Waals surface area contributed by atoms with Gasteiger partial charge in [0.15, 0.2) is 9.84 Å². The first-order valence-electron chi connectivity index (χ1n) is 5.87. The highest BCUT2D eigenvalue weighted by molar-refractivity contribution is 7.91. The number of hydrogen-bond acceptors (Lipinski definition) is 3. The zero-order valence-corrected chi connectivity index (χ0v) is 11.8. The van der Waals surface area contributed by atoms with Crippen LogP contribution in [0.3, 0.4) is 0 Å². The van der Waals surface area contributed by atoms with Crippen molar-refractivity contribution >= 4 is 15.5 Å². The Balaban J connectivity index is 2.85. The minimum absolute atomic E-state index is 0.0505. The molecule has 0 heterocycles. The van der Waals surface area contributed by atoms with E-state index in [0.29, 0.717) is 0 Å². The summed E-state index contributed by atoms with van der Waals surface area (Å²) in [5.41, 5.74) is 4.40. The summed E-state index contributed by atoms with van der Waals surface area (Å²) in [6.07, 6.45) is -3.67. The van der Waals surface area contributed by atoms with E-state index < -0.39 is 21.6 Å². The highest BCUT2D eigenvalue weighted by atomic mass is 32.2. The zero-order chi connectivity index (χ0) is 15.8. The van der Waals surface area contributed by atoms with Gasteiger partial charge in [-0.1, -0.05) is 30.3 Å². The number of nitrogens with two attached hydrogens (primary N) is 1. The Morgan fingerprint density at radius 3 is 2.10 bits per heavy atom. The summed E-state index contributed by atoms with van der Waals surface area (Å²) in [5, 5.41) is 0. The molecule has 112 valence electrons. The van der Waals surface area contributed by atoms with Crippen LogP contribution >= 0.6 is 0 Å². The van der Waals surface area contributed by atoms with Gasteiger partial charge in [0.05, 0.1) is 16.1 Å². The van der Waals surface area contributed by atoms with Crippen LogP contribution < -0.4 is 5.73 Å². The van der Waals surface area contributed by atoms with Gasteiger partial charge in [0.25, 0.3) is 0 Å². The number of halogens is 3. The smallest absolute Gasteiger partial charge is 0.398 e. The van der Waals surface area contributed by atoms with E-state index in [-0.39, 0.29) is 21.7 Å². The van der Waals surface area contributed by atoms with Crippen LogP contribution in [0.4, 0.5) is 18.9 Å². The topological polar surface area (TPSA) is 60.2 Å². The lowest BCUT2D eigenvalue weighted by Gasteiger charge is -2.16. The van der Waals surface area contributed by atoms with Crippen LogP contribution in [0, 0.1) is 0 Å². The van der Waals surface area contributed by atoms with Crippen molar-refractivity contribution in [2.45, 2.75) is 11.1 Å². The van der Waals surface area contributed by atoms with Crippen molar-refractivity contribution in [1.29, 1.82) is 0 Å². The third-order valence-electron chi connectivity index (χ3n) is 2.94. The molecule has 0 atom stereocenters. The fourth-order valence-electron chi connectivity index (χ4n) is 2.15. The molecular weight excluding hydrogens is 303 g/mol. The lowest BCUT2D eigenvalue weighted by atomic mass is 9.99. The van der Waals surface area contributed by atoms with E-state index >= 15 is 0 Å². The molecule has 2 aromatic carbocycles. The molecule has 0 aliphatic carbocycles. The molecule has 0 aromatic heterocycles. The first-order valence-corrected chi connectivity index (χ1v) is 7.76. The Morgan fingerprint density at radius 1 is 0.952 bits per heavy atom. The third kappa shape index (κ3) is 3.02. The van der Waals surface area contributed by atoms with Crippen LogP contribution in [0.25, 0.3) is 11.1 Å². The summed E-state index contributed by atoms with van der Waals surface area (Å²) in [4.78, 5) is -0.290. The molecule has 0 radical (unpaired) electrons. The maximum Gasteiger partial charge on any atom is 0.417 e. The quantitative estimate of drug-likeness (QED) is 0.865. The second-order valence-corrected chi connectivity index (χ2v) is 6.49. The molecule has 2 N–H and O–H groups in total. The molecule has 0 amide bonds. The predicted molar refractivity (Wildman–Crippen MR) is 74.4 cm³/mol. The molecule has 0 saturated heterocycles. The van der Waals surface area contributed by atoms with Gasteiger partial charge in [0.1, 0.15) is 0 Å². The number of hydrogen-bond donors (Lipinski definition) is 1. The maximum absolute atomic E-state index is 13.1. The maximum atomic E-state index is 13.1. The summed E-state index contributed by atoms with van der Waals surface area (Å²) in [6.45, 7) is 0. The molecule has 2 aromatic rings. The fourth-order valence-corrected chi connectivity index (χ4v) is 3.22. The Labute approximate surface area is 120 Å². The largest absolute Gasteiger partial charge is 0.417 e. The van der Waals surface area contributed by atoms with Gasteiger partial charge in [0, 0.05) is 11.8 Å². The summed E-state index contributed by atoms with van der Waals surface area (Å²) in [6, 6.07) is 8.88. The number of anilines is 1. The molecule has 0 aliphatic heterocycles. The van der Waals surface area contributed by atoms with Crippen LogP contribution in [-0.4, -0.2) is 14.7 Å². The van der Waals surface area contributed by atoms with Crippen LogP contribution in [0.5, 0.6) is 0 Å². The van der Waals surface area contributed by atoms with Crippen molar-refractivity contribution in [2.75, 3.05) is 12.0 Å². The zero-order valence-electron chi connectivity index (χ0n) is 11.0.